The Kier molecular flexibility index (Phi) is 2.48. The average molecular weight is 176 g/mol. The third-order valence-corrected chi connectivity index (χ3v) is 2.80. The maximum absolute atomic E-state index is 4.32. The average Bonchev–Trinajstić information content (AvgIpc) is 2.72. The molecular formula is C11H16N2. The van der Waals surface area contributed by atoms with E-state index < -0.39 is 0 Å². The maximum atomic E-state index is 4.32. The SMILES string of the molecule is Cn1ccnc1CCC1CC=CC1. The van der Waals surface area contributed by atoms with Gasteiger partial charge in [0.05, 0.1) is 0 Å². The topological polar surface area (TPSA) is 17.8 Å². The molecule has 0 radical (unpaired) electrons. The first kappa shape index (κ1) is 8.54. The monoisotopic (exact) mass is 176 g/mol. The molecule has 13 heavy (non-hydrogen) atoms. The Labute approximate surface area is 79.3 Å². The van der Waals surface area contributed by atoms with Gasteiger partial charge in [-0.2, -0.15) is 0 Å². The van der Waals surface area contributed by atoms with Crippen molar-refractivity contribution in [2.45, 2.75) is 25.7 Å². The highest BCUT2D eigenvalue weighted by atomic mass is 15.0. The van der Waals surface area contributed by atoms with Crippen LogP contribution in [0.5, 0.6) is 0 Å². The highest BCUT2D eigenvalue weighted by molar-refractivity contribution is 4.97. The van der Waals surface area contributed by atoms with Crippen LogP contribution < -0.4 is 0 Å². The lowest BCUT2D eigenvalue weighted by molar-refractivity contribution is 0.509. The van der Waals surface area contributed by atoms with E-state index in [1.54, 1.807) is 0 Å². The highest BCUT2D eigenvalue weighted by Crippen LogP contribution is 2.22. The Balaban J connectivity index is 1.82. The van der Waals surface area contributed by atoms with E-state index in [4.69, 9.17) is 0 Å². The van der Waals surface area contributed by atoms with Gasteiger partial charge in [-0.1, -0.05) is 12.2 Å². The van der Waals surface area contributed by atoms with E-state index >= 15 is 0 Å². The van der Waals surface area contributed by atoms with Gasteiger partial charge in [0, 0.05) is 25.9 Å². The molecule has 2 heteroatoms. The van der Waals surface area contributed by atoms with Crippen LogP contribution >= 0.6 is 0 Å². The summed E-state index contributed by atoms with van der Waals surface area (Å²) in [5, 5.41) is 0. The quantitative estimate of drug-likeness (QED) is 0.646. The van der Waals surface area contributed by atoms with Gasteiger partial charge in [-0.15, -0.1) is 0 Å². The standard InChI is InChI=1S/C11H16N2/c1-13-9-8-12-11(13)7-6-10-4-2-3-5-10/h2-3,8-10H,4-7H2,1H3. The van der Waals surface area contributed by atoms with E-state index in [1.165, 1.54) is 25.1 Å². The molecule has 70 valence electrons. The van der Waals surface area contributed by atoms with Crippen molar-refractivity contribution in [2.75, 3.05) is 0 Å². The summed E-state index contributed by atoms with van der Waals surface area (Å²) in [6.07, 6.45) is 13.4. The van der Waals surface area contributed by atoms with E-state index in [1.807, 2.05) is 12.4 Å². The number of rotatable bonds is 3. The molecule has 2 rings (SSSR count). The molecule has 1 aliphatic rings. The molecule has 0 fully saturated rings. The van der Waals surface area contributed by atoms with Crippen molar-refractivity contribution in [3.05, 3.63) is 30.4 Å². The van der Waals surface area contributed by atoms with Crippen LogP contribution in [0.2, 0.25) is 0 Å². The fourth-order valence-corrected chi connectivity index (χ4v) is 1.88. The van der Waals surface area contributed by atoms with Gasteiger partial charge in [0.15, 0.2) is 0 Å². The van der Waals surface area contributed by atoms with Crippen LogP contribution in [-0.4, -0.2) is 9.55 Å². The van der Waals surface area contributed by atoms with Gasteiger partial charge < -0.3 is 4.57 Å². The molecule has 1 aromatic heterocycles. The molecule has 0 saturated carbocycles. The third kappa shape index (κ3) is 2.00. The van der Waals surface area contributed by atoms with Crippen molar-refractivity contribution in [3.8, 4) is 0 Å². The van der Waals surface area contributed by atoms with Gasteiger partial charge in [-0.25, -0.2) is 4.98 Å². The normalized spacial score (nSPS) is 17.0. The largest absolute Gasteiger partial charge is 0.338 e. The summed E-state index contributed by atoms with van der Waals surface area (Å²) in [6.45, 7) is 0. The van der Waals surface area contributed by atoms with E-state index in [0.717, 1.165) is 12.3 Å². The lowest BCUT2D eigenvalue weighted by Gasteiger charge is -2.07. The highest BCUT2D eigenvalue weighted by Gasteiger charge is 2.10. The zero-order chi connectivity index (χ0) is 9.10. The Morgan fingerprint density at radius 1 is 1.46 bits per heavy atom. The van der Waals surface area contributed by atoms with Crippen LogP contribution in [0.3, 0.4) is 0 Å². The van der Waals surface area contributed by atoms with Crippen LogP contribution in [0.25, 0.3) is 0 Å². The summed E-state index contributed by atoms with van der Waals surface area (Å²) in [5.41, 5.74) is 0. The van der Waals surface area contributed by atoms with E-state index in [0.29, 0.717) is 0 Å². The number of allylic oxidation sites excluding steroid dienone is 2. The lowest BCUT2D eigenvalue weighted by Crippen LogP contribution is -2.02. The first-order valence-corrected chi connectivity index (χ1v) is 4.97. The minimum Gasteiger partial charge on any atom is -0.338 e. The minimum absolute atomic E-state index is 0.872. The summed E-state index contributed by atoms with van der Waals surface area (Å²) >= 11 is 0. The van der Waals surface area contributed by atoms with Crippen molar-refractivity contribution in [2.24, 2.45) is 13.0 Å². The predicted octanol–water partition coefficient (Wildman–Crippen LogP) is 2.32. The van der Waals surface area contributed by atoms with Gasteiger partial charge in [-0.3, -0.25) is 0 Å². The number of aromatic nitrogens is 2. The van der Waals surface area contributed by atoms with Crippen LogP contribution in [0.4, 0.5) is 0 Å². The Morgan fingerprint density at radius 2 is 2.23 bits per heavy atom. The predicted molar refractivity (Wildman–Crippen MR) is 53.4 cm³/mol. The summed E-state index contributed by atoms with van der Waals surface area (Å²) in [6, 6.07) is 0. The first-order valence-electron chi connectivity index (χ1n) is 4.97. The van der Waals surface area contributed by atoms with E-state index in [-0.39, 0.29) is 0 Å². The van der Waals surface area contributed by atoms with Crippen LogP contribution in [-0.2, 0) is 13.5 Å². The van der Waals surface area contributed by atoms with Crippen molar-refractivity contribution in [1.82, 2.24) is 9.55 Å². The van der Waals surface area contributed by atoms with E-state index in [9.17, 15) is 0 Å². The summed E-state index contributed by atoms with van der Waals surface area (Å²) < 4.78 is 2.11. The summed E-state index contributed by atoms with van der Waals surface area (Å²) in [7, 11) is 2.06. The summed E-state index contributed by atoms with van der Waals surface area (Å²) in [4.78, 5) is 4.32. The van der Waals surface area contributed by atoms with Crippen molar-refractivity contribution in [1.29, 1.82) is 0 Å². The molecule has 0 amide bonds. The number of hydrogen-bond acceptors (Lipinski definition) is 1. The van der Waals surface area contributed by atoms with Gasteiger partial charge >= 0.3 is 0 Å². The zero-order valence-electron chi connectivity index (χ0n) is 8.11. The Morgan fingerprint density at radius 3 is 2.85 bits per heavy atom. The lowest BCUT2D eigenvalue weighted by atomic mass is 10.0. The maximum Gasteiger partial charge on any atom is 0.108 e. The number of imidazole rings is 1. The number of aryl methyl sites for hydroxylation is 2. The molecule has 0 aromatic carbocycles. The summed E-state index contributed by atoms with van der Waals surface area (Å²) in [5.74, 6) is 2.09. The zero-order valence-corrected chi connectivity index (χ0v) is 8.11. The van der Waals surface area contributed by atoms with Crippen molar-refractivity contribution < 1.29 is 0 Å². The molecule has 0 unspecified atom stereocenters. The van der Waals surface area contributed by atoms with Crippen molar-refractivity contribution >= 4 is 0 Å². The number of nitrogens with zero attached hydrogens (tertiary/aromatic N) is 2. The molecular weight excluding hydrogens is 160 g/mol. The molecule has 1 aromatic rings. The molecule has 1 aliphatic carbocycles. The molecule has 0 saturated heterocycles. The van der Waals surface area contributed by atoms with Gasteiger partial charge in [0.1, 0.15) is 5.82 Å². The van der Waals surface area contributed by atoms with E-state index in [2.05, 4.69) is 28.8 Å². The smallest absolute Gasteiger partial charge is 0.108 e. The van der Waals surface area contributed by atoms with Crippen LogP contribution in [0, 0.1) is 5.92 Å². The second kappa shape index (κ2) is 3.77. The van der Waals surface area contributed by atoms with Gasteiger partial charge in [0.2, 0.25) is 0 Å². The Hall–Kier alpha value is -1.05. The van der Waals surface area contributed by atoms with Crippen LogP contribution in [0.15, 0.2) is 24.5 Å². The second-order valence-corrected chi connectivity index (χ2v) is 3.80. The van der Waals surface area contributed by atoms with Gasteiger partial charge in [-0.05, 0) is 25.2 Å². The minimum atomic E-state index is 0.872. The molecule has 0 spiro atoms. The molecule has 0 aliphatic heterocycles. The molecule has 2 nitrogen and oxygen atoms in total. The first-order chi connectivity index (χ1) is 6.36. The molecule has 0 atom stereocenters. The second-order valence-electron chi connectivity index (χ2n) is 3.80. The third-order valence-electron chi connectivity index (χ3n) is 2.80. The molecule has 0 N–H and O–H groups in total. The fourth-order valence-electron chi connectivity index (χ4n) is 1.88. The van der Waals surface area contributed by atoms with Crippen molar-refractivity contribution in [3.63, 3.8) is 0 Å². The molecule has 0 bridgehead atoms. The Bertz CT molecular complexity index is 291. The molecule has 1 heterocycles. The van der Waals surface area contributed by atoms with Crippen LogP contribution in [0.1, 0.15) is 25.1 Å². The number of hydrogen-bond donors (Lipinski definition) is 0. The van der Waals surface area contributed by atoms with Gasteiger partial charge in [0.25, 0.3) is 0 Å². The fraction of sp³-hybridized carbons (Fsp3) is 0.545.